The van der Waals surface area contributed by atoms with E-state index in [9.17, 15) is 0 Å². The summed E-state index contributed by atoms with van der Waals surface area (Å²) in [6.07, 6.45) is 0. The summed E-state index contributed by atoms with van der Waals surface area (Å²) in [5.74, 6) is 2.57. The highest BCUT2D eigenvalue weighted by Gasteiger charge is 2.24. The normalized spacial score (nSPS) is 21.2. The molecule has 0 fully saturated rings. The summed E-state index contributed by atoms with van der Waals surface area (Å²) < 4.78 is 5.20. The highest BCUT2D eigenvalue weighted by Crippen LogP contribution is 2.26. The first-order valence-electron chi connectivity index (χ1n) is 6.39. The van der Waals surface area contributed by atoms with E-state index in [1.165, 1.54) is 0 Å². The lowest BCUT2D eigenvalue weighted by Crippen LogP contribution is -2.24. The van der Waals surface area contributed by atoms with Gasteiger partial charge in [0.15, 0.2) is 5.17 Å². The fraction of sp³-hybridized carbons (Fsp3) is 0.692. The Morgan fingerprint density at radius 3 is 2.56 bits per heavy atom. The van der Waals surface area contributed by atoms with Gasteiger partial charge in [-0.15, -0.1) is 0 Å². The van der Waals surface area contributed by atoms with Gasteiger partial charge >= 0.3 is 0 Å². The van der Waals surface area contributed by atoms with Gasteiger partial charge in [0.1, 0.15) is 5.76 Å². The number of thioether (sulfide) groups is 1. The zero-order chi connectivity index (χ0) is 13.3. The summed E-state index contributed by atoms with van der Waals surface area (Å²) in [7, 11) is 0. The van der Waals surface area contributed by atoms with Gasteiger partial charge in [-0.3, -0.25) is 4.99 Å². The second-order valence-corrected chi connectivity index (χ2v) is 6.17. The number of aliphatic imine (C=N–C) groups is 1. The number of amidine groups is 1. The molecule has 1 aliphatic rings. The molecular weight excluding hydrogens is 246 g/mol. The molecule has 1 aromatic heterocycles. The van der Waals surface area contributed by atoms with Gasteiger partial charge in [0.25, 0.3) is 0 Å². The van der Waals surface area contributed by atoms with Crippen molar-refractivity contribution in [3.05, 3.63) is 17.0 Å². The molecule has 1 aromatic rings. The van der Waals surface area contributed by atoms with Gasteiger partial charge in [0, 0.05) is 11.3 Å². The molecule has 2 atom stereocenters. The zero-order valence-corrected chi connectivity index (χ0v) is 12.5. The molecule has 0 aliphatic carbocycles. The Balaban J connectivity index is 2.05. The molecule has 0 spiro atoms. The van der Waals surface area contributed by atoms with Crippen molar-refractivity contribution in [1.29, 1.82) is 0 Å². The van der Waals surface area contributed by atoms with Gasteiger partial charge in [-0.05, 0) is 26.7 Å². The number of nitrogens with one attached hydrogen (secondary N) is 1. The minimum atomic E-state index is 0.188. The quantitative estimate of drug-likeness (QED) is 0.914. The monoisotopic (exact) mass is 267 g/mol. The summed E-state index contributed by atoms with van der Waals surface area (Å²) in [6.45, 7) is 10.5. The largest absolute Gasteiger partial charge is 0.361 e. The van der Waals surface area contributed by atoms with Crippen LogP contribution in [0.25, 0.3) is 0 Å². The summed E-state index contributed by atoms with van der Waals surface area (Å²) >= 11 is 1.80. The Morgan fingerprint density at radius 1 is 1.33 bits per heavy atom. The third kappa shape index (κ3) is 2.71. The van der Waals surface area contributed by atoms with Crippen molar-refractivity contribution in [3.8, 4) is 0 Å². The highest BCUT2D eigenvalue weighted by atomic mass is 32.2. The molecule has 0 saturated carbocycles. The molecule has 2 heterocycles. The van der Waals surface area contributed by atoms with Gasteiger partial charge < -0.3 is 9.84 Å². The van der Waals surface area contributed by atoms with E-state index in [2.05, 4.69) is 31.2 Å². The number of aromatic nitrogens is 1. The predicted octanol–water partition coefficient (Wildman–Crippen LogP) is 3.07. The van der Waals surface area contributed by atoms with Gasteiger partial charge in [-0.25, -0.2) is 0 Å². The van der Waals surface area contributed by atoms with Gasteiger partial charge in [-0.2, -0.15) is 0 Å². The van der Waals surface area contributed by atoms with Crippen LogP contribution in [0.2, 0.25) is 0 Å². The van der Waals surface area contributed by atoms with Crippen molar-refractivity contribution < 1.29 is 4.52 Å². The van der Waals surface area contributed by atoms with Crippen molar-refractivity contribution in [1.82, 2.24) is 10.5 Å². The molecule has 18 heavy (non-hydrogen) atoms. The van der Waals surface area contributed by atoms with Crippen molar-refractivity contribution in [2.45, 2.75) is 46.7 Å². The Labute approximate surface area is 113 Å². The van der Waals surface area contributed by atoms with Gasteiger partial charge in [0.05, 0.1) is 17.8 Å². The first kappa shape index (κ1) is 13.5. The van der Waals surface area contributed by atoms with E-state index in [1.54, 1.807) is 11.8 Å². The Morgan fingerprint density at radius 2 is 2.06 bits per heavy atom. The van der Waals surface area contributed by atoms with E-state index < -0.39 is 0 Å². The van der Waals surface area contributed by atoms with Crippen LogP contribution in [0, 0.1) is 19.8 Å². The average Bonchev–Trinajstić information content (AvgIpc) is 2.86. The smallest absolute Gasteiger partial charge is 0.157 e. The zero-order valence-electron chi connectivity index (χ0n) is 11.7. The van der Waals surface area contributed by atoms with E-state index in [1.807, 2.05) is 13.8 Å². The molecule has 0 aromatic carbocycles. The van der Waals surface area contributed by atoms with Crippen LogP contribution < -0.4 is 5.32 Å². The van der Waals surface area contributed by atoms with E-state index in [-0.39, 0.29) is 6.04 Å². The number of nitrogens with zero attached hydrogens (tertiary/aromatic N) is 2. The maximum atomic E-state index is 5.20. The van der Waals surface area contributed by atoms with E-state index in [0.29, 0.717) is 12.0 Å². The van der Waals surface area contributed by atoms with Crippen molar-refractivity contribution >= 4 is 16.9 Å². The summed E-state index contributed by atoms with van der Waals surface area (Å²) in [5.41, 5.74) is 2.10. The Hall–Kier alpha value is -0.970. The number of hydrogen-bond acceptors (Lipinski definition) is 5. The molecule has 0 bridgehead atoms. The number of hydrogen-bond donors (Lipinski definition) is 1. The van der Waals surface area contributed by atoms with E-state index >= 15 is 0 Å². The average molecular weight is 267 g/mol. The summed E-state index contributed by atoms with van der Waals surface area (Å²) in [5, 5.41) is 8.50. The van der Waals surface area contributed by atoms with Crippen LogP contribution in [0.5, 0.6) is 0 Å². The highest BCUT2D eigenvalue weighted by molar-refractivity contribution is 8.14. The molecule has 5 heteroatoms. The van der Waals surface area contributed by atoms with Crippen LogP contribution in [0.4, 0.5) is 0 Å². The molecular formula is C13H21N3OS. The van der Waals surface area contributed by atoms with Crippen LogP contribution in [0.3, 0.4) is 0 Å². The summed E-state index contributed by atoms with van der Waals surface area (Å²) in [6, 6.07) is 0.628. The van der Waals surface area contributed by atoms with Crippen molar-refractivity contribution in [3.63, 3.8) is 0 Å². The first-order chi connectivity index (χ1) is 8.49. The minimum Gasteiger partial charge on any atom is -0.361 e. The molecule has 2 rings (SSSR count). The van der Waals surface area contributed by atoms with E-state index in [0.717, 1.165) is 27.9 Å². The maximum Gasteiger partial charge on any atom is 0.157 e. The van der Waals surface area contributed by atoms with E-state index in [4.69, 9.17) is 9.52 Å². The van der Waals surface area contributed by atoms with Crippen LogP contribution >= 0.6 is 11.8 Å². The van der Waals surface area contributed by atoms with Crippen molar-refractivity contribution in [2.75, 3.05) is 5.75 Å². The lowest BCUT2D eigenvalue weighted by molar-refractivity contribution is 0.391. The molecule has 4 nitrogen and oxygen atoms in total. The molecule has 0 saturated heterocycles. The maximum absolute atomic E-state index is 5.20. The molecule has 100 valence electrons. The standard InChI is InChI=1S/C13H21N3OS/c1-7(2)11-6-18-13(15-11)14-8(3)12-9(4)16-17-10(12)5/h7-8,11H,6H2,1-5H3,(H,14,15)/t8?,11-/m1/s1. The molecule has 0 amide bonds. The summed E-state index contributed by atoms with van der Waals surface area (Å²) in [4.78, 5) is 4.71. The van der Waals surface area contributed by atoms with Crippen LogP contribution in [-0.4, -0.2) is 22.1 Å². The van der Waals surface area contributed by atoms with Crippen LogP contribution in [-0.2, 0) is 0 Å². The second kappa shape index (κ2) is 5.34. The number of rotatable bonds is 3. The minimum absolute atomic E-state index is 0.188. The molecule has 0 radical (unpaired) electrons. The predicted molar refractivity (Wildman–Crippen MR) is 76.0 cm³/mol. The van der Waals surface area contributed by atoms with Crippen molar-refractivity contribution in [2.24, 2.45) is 10.9 Å². The SMILES string of the molecule is Cc1noc(C)c1C(C)NC1=N[C@@H](C(C)C)CS1. The third-order valence-electron chi connectivity index (χ3n) is 3.31. The Kier molecular flexibility index (Phi) is 4.00. The van der Waals surface area contributed by atoms with Gasteiger partial charge in [-0.1, -0.05) is 30.8 Å². The Bertz CT molecular complexity index is 434. The van der Waals surface area contributed by atoms with Crippen LogP contribution in [0.1, 0.15) is 43.8 Å². The van der Waals surface area contributed by atoms with Gasteiger partial charge in [0.2, 0.25) is 0 Å². The fourth-order valence-corrected chi connectivity index (χ4v) is 3.43. The molecule has 1 aliphatic heterocycles. The topological polar surface area (TPSA) is 50.4 Å². The first-order valence-corrected chi connectivity index (χ1v) is 7.37. The molecule has 1 unspecified atom stereocenters. The third-order valence-corrected chi connectivity index (χ3v) is 4.31. The lowest BCUT2D eigenvalue weighted by Gasteiger charge is -2.14. The second-order valence-electron chi connectivity index (χ2n) is 5.16. The molecule has 1 N–H and O–H groups in total. The van der Waals surface area contributed by atoms with Crippen LogP contribution in [0.15, 0.2) is 9.52 Å². The number of aryl methyl sites for hydroxylation is 2. The fourth-order valence-electron chi connectivity index (χ4n) is 2.18. The lowest BCUT2D eigenvalue weighted by atomic mass is 10.1.